The number of hydrogen-bond acceptors (Lipinski definition) is 5. The first-order valence-electron chi connectivity index (χ1n) is 4.17. The van der Waals surface area contributed by atoms with Crippen LogP contribution in [0.3, 0.4) is 0 Å². The molecule has 0 amide bonds. The van der Waals surface area contributed by atoms with Crippen molar-refractivity contribution in [2.24, 2.45) is 0 Å². The van der Waals surface area contributed by atoms with Gasteiger partial charge in [-0.05, 0) is 30.5 Å². The average Bonchev–Trinajstić information content (AvgIpc) is 2.30. The third kappa shape index (κ3) is 2.27. The number of nitrogens with zero attached hydrogens (tertiary/aromatic N) is 4. The van der Waals surface area contributed by atoms with Gasteiger partial charge in [0.1, 0.15) is 5.82 Å². The fraction of sp³-hybridized carbons (Fsp3) is 0.111. The van der Waals surface area contributed by atoms with E-state index in [1.165, 1.54) is 23.9 Å². The largest absolute Gasteiger partial charge is 0.229 e. The molecule has 0 atom stereocenters. The predicted octanol–water partition coefficient (Wildman–Crippen LogP) is 1.79. The van der Waals surface area contributed by atoms with Crippen molar-refractivity contribution < 1.29 is 4.39 Å². The van der Waals surface area contributed by atoms with Crippen molar-refractivity contribution in [2.75, 3.05) is 6.26 Å². The van der Waals surface area contributed by atoms with Crippen molar-refractivity contribution in [1.29, 1.82) is 0 Å². The van der Waals surface area contributed by atoms with Gasteiger partial charge in [0.05, 0.1) is 0 Å². The van der Waals surface area contributed by atoms with Crippen molar-refractivity contribution in [3.05, 3.63) is 30.1 Å². The Bertz CT molecular complexity index is 443. The molecule has 1 aromatic heterocycles. The van der Waals surface area contributed by atoms with Crippen molar-refractivity contribution >= 4 is 11.8 Å². The van der Waals surface area contributed by atoms with Gasteiger partial charge in [-0.2, -0.15) is 0 Å². The third-order valence-corrected chi connectivity index (χ3v) is 2.27. The van der Waals surface area contributed by atoms with E-state index in [0.29, 0.717) is 16.5 Å². The van der Waals surface area contributed by atoms with E-state index in [9.17, 15) is 4.39 Å². The number of hydrogen-bond donors (Lipinski definition) is 0. The van der Waals surface area contributed by atoms with E-state index < -0.39 is 0 Å². The van der Waals surface area contributed by atoms with Gasteiger partial charge in [-0.15, -0.1) is 20.4 Å². The Morgan fingerprint density at radius 3 is 2.13 bits per heavy atom. The molecule has 0 aliphatic carbocycles. The summed E-state index contributed by atoms with van der Waals surface area (Å²) < 4.78 is 12.6. The lowest BCUT2D eigenvalue weighted by Gasteiger charge is -1.97. The van der Waals surface area contributed by atoms with Crippen LogP contribution in [-0.4, -0.2) is 26.7 Å². The Morgan fingerprint density at radius 1 is 1.00 bits per heavy atom. The fourth-order valence-corrected chi connectivity index (χ4v) is 1.26. The molecule has 0 unspecified atom stereocenters. The highest BCUT2D eigenvalue weighted by molar-refractivity contribution is 7.98. The summed E-state index contributed by atoms with van der Waals surface area (Å²) in [5.41, 5.74) is 0.698. The second kappa shape index (κ2) is 4.31. The summed E-state index contributed by atoms with van der Waals surface area (Å²) in [5.74, 6) is 0.105. The molecule has 0 radical (unpaired) electrons. The lowest BCUT2D eigenvalue weighted by molar-refractivity contribution is 0.628. The van der Waals surface area contributed by atoms with E-state index in [1.807, 2.05) is 6.26 Å². The van der Waals surface area contributed by atoms with Gasteiger partial charge >= 0.3 is 0 Å². The molecule has 0 fully saturated rings. The Hall–Kier alpha value is -1.56. The van der Waals surface area contributed by atoms with Gasteiger partial charge in [0.15, 0.2) is 0 Å². The molecule has 0 saturated heterocycles. The number of benzene rings is 1. The van der Waals surface area contributed by atoms with Crippen molar-refractivity contribution in [3.63, 3.8) is 0 Å². The van der Waals surface area contributed by atoms with E-state index in [4.69, 9.17) is 0 Å². The van der Waals surface area contributed by atoms with Crippen molar-refractivity contribution in [2.45, 2.75) is 5.16 Å². The molecule has 2 aromatic rings. The lowest BCUT2D eigenvalue weighted by Crippen LogP contribution is -1.97. The molecule has 0 bridgehead atoms. The Labute approximate surface area is 90.0 Å². The van der Waals surface area contributed by atoms with Gasteiger partial charge in [-0.3, -0.25) is 0 Å². The Kier molecular flexibility index (Phi) is 2.86. The zero-order valence-corrected chi connectivity index (χ0v) is 8.70. The summed E-state index contributed by atoms with van der Waals surface area (Å²) in [4.78, 5) is 0. The standard InChI is InChI=1S/C9H7FN4S/c1-15-9-13-11-8(12-14-9)6-2-4-7(10)5-3-6/h2-5H,1H3. The molecule has 0 saturated carbocycles. The summed E-state index contributed by atoms with van der Waals surface area (Å²) in [6.07, 6.45) is 1.84. The monoisotopic (exact) mass is 222 g/mol. The Balaban J connectivity index is 2.33. The highest BCUT2D eigenvalue weighted by Gasteiger charge is 2.03. The maximum atomic E-state index is 12.6. The van der Waals surface area contributed by atoms with Gasteiger partial charge < -0.3 is 0 Å². The summed E-state index contributed by atoms with van der Waals surface area (Å²) >= 11 is 1.37. The first-order chi connectivity index (χ1) is 7.29. The smallest absolute Gasteiger partial charge is 0.207 e. The maximum absolute atomic E-state index is 12.6. The van der Waals surface area contributed by atoms with Crippen LogP contribution in [0.2, 0.25) is 0 Å². The van der Waals surface area contributed by atoms with Gasteiger partial charge in [0.2, 0.25) is 11.0 Å². The molecular weight excluding hydrogens is 215 g/mol. The van der Waals surface area contributed by atoms with Crippen LogP contribution < -0.4 is 0 Å². The number of thioether (sulfide) groups is 1. The minimum absolute atomic E-state index is 0.291. The van der Waals surface area contributed by atoms with E-state index in [0.717, 1.165) is 0 Å². The molecule has 76 valence electrons. The molecule has 0 aliphatic heterocycles. The highest BCUT2D eigenvalue weighted by Crippen LogP contribution is 2.14. The van der Waals surface area contributed by atoms with Gasteiger partial charge in [-0.25, -0.2) is 4.39 Å². The number of halogens is 1. The van der Waals surface area contributed by atoms with Crippen LogP contribution >= 0.6 is 11.8 Å². The van der Waals surface area contributed by atoms with Gasteiger partial charge in [0, 0.05) is 5.56 Å². The quantitative estimate of drug-likeness (QED) is 0.725. The van der Waals surface area contributed by atoms with Crippen molar-refractivity contribution in [3.8, 4) is 11.4 Å². The molecular formula is C9H7FN4S. The second-order valence-electron chi connectivity index (χ2n) is 2.72. The molecule has 0 N–H and O–H groups in total. The van der Waals surface area contributed by atoms with Crippen LogP contribution in [0.15, 0.2) is 29.4 Å². The zero-order valence-electron chi connectivity index (χ0n) is 7.88. The van der Waals surface area contributed by atoms with E-state index in [2.05, 4.69) is 20.4 Å². The number of aromatic nitrogens is 4. The molecule has 1 aromatic carbocycles. The van der Waals surface area contributed by atoms with Crippen LogP contribution in [0.25, 0.3) is 11.4 Å². The normalized spacial score (nSPS) is 10.3. The van der Waals surface area contributed by atoms with E-state index >= 15 is 0 Å². The van der Waals surface area contributed by atoms with Crippen LogP contribution in [0.4, 0.5) is 4.39 Å². The first-order valence-corrected chi connectivity index (χ1v) is 5.39. The molecule has 6 heteroatoms. The predicted molar refractivity (Wildman–Crippen MR) is 54.8 cm³/mol. The molecule has 0 spiro atoms. The average molecular weight is 222 g/mol. The second-order valence-corrected chi connectivity index (χ2v) is 3.49. The summed E-state index contributed by atoms with van der Waals surface area (Å²) in [5, 5.41) is 16.0. The van der Waals surface area contributed by atoms with Gasteiger partial charge in [-0.1, -0.05) is 11.8 Å². The highest BCUT2D eigenvalue weighted by atomic mass is 32.2. The molecule has 1 heterocycles. The fourth-order valence-electron chi connectivity index (χ4n) is 1.02. The minimum Gasteiger partial charge on any atom is -0.207 e. The van der Waals surface area contributed by atoms with Crippen LogP contribution in [0, 0.1) is 5.82 Å². The van der Waals surface area contributed by atoms with Gasteiger partial charge in [0.25, 0.3) is 0 Å². The number of rotatable bonds is 2. The first kappa shape index (κ1) is 9.97. The summed E-state index contributed by atoms with van der Waals surface area (Å²) in [7, 11) is 0. The van der Waals surface area contributed by atoms with E-state index in [1.54, 1.807) is 12.1 Å². The minimum atomic E-state index is -0.291. The van der Waals surface area contributed by atoms with Crippen LogP contribution in [0.1, 0.15) is 0 Å². The zero-order chi connectivity index (χ0) is 10.7. The summed E-state index contributed by atoms with van der Waals surface area (Å²) in [6, 6.07) is 5.88. The molecule has 2 rings (SSSR count). The molecule has 0 aliphatic rings. The van der Waals surface area contributed by atoms with Crippen LogP contribution in [-0.2, 0) is 0 Å². The molecule has 4 nitrogen and oxygen atoms in total. The lowest BCUT2D eigenvalue weighted by atomic mass is 10.2. The Morgan fingerprint density at radius 2 is 1.60 bits per heavy atom. The SMILES string of the molecule is CSc1nnc(-c2ccc(F)cc2)nn1. The van der Waals surface area contributed by atoms with E-state index in [-0.39, 0.29) is 5.82 Å². The third-order valence-electron chi connectivity index (χ3n) is 1.75. The van der Waals surface area contributed by atoms with Crippen LogP contribution in [0.5, 0.6) is 0 Å². The topological polar surface area (TPSA) is 51.6 Å². The summed E-state index contributed by atoms with van der Waals surface area (Å²) in [6.45, 7) is 0. The maximum Gasteiger partial charge on any atom is 0.229 e. The van der Waals surface area contributed by atoms with Crippen molar-refractivity contribution in [1.82, 2.24) is 20.4 Å². The molecule has 15 heavy (non-hydrogen) atoms.